The Balaban J connectivity index is 1.87. The van der Waals surface area contributed by atoms with Gasteiger partial charge < -0.3 is 20.7 Å². The SMILES string of the molecule is Nc1ncnn2c([C@@]34C[C@@]3(F)[C@H](O)[C@@H](CO)O4)cnc12. The van der Waals surface area contributed by atoms with E-state index in [1.807, 2.05) is 0 Å². The molecule has 1 saturated carbocycles. The summed E-state index contributed by atoms with van der Waals surface area (Å²) in [7, 11) is 0. The van der Waals surface area contributed by atoms with E-state index in [-0.39, 0.29) is 12.2 Å². The predicted octanol–water partition coefficient (Wildman–Crippen LogP) is -1.23. The van der Waals surface area contributed by atoms with Crippen LogP contribution >= 0.6 is 0 Å². The summed E-state index contributed by atoms with van der Waals surface area (Å²) >= 11 is 0. The number of aliphatic hydroxyl groups excluding tert-OH is 2. The van der Waals surface area contributed by atoms with Crippen LogP contribution in [0.4, 0.5) is 10.2 Å². The molecule has 4 N–H and O–H groups in total. The molecule has 0 unspecified atom stereocenters. The topological polar surface area (TPSA) is 119 Å². The number of hydrogen-bond donors (Lipinski definition) is 3. The molecule has 0 bridgehead atoms. The Morgan fingerprint density at radius 2 is 2.35 bits per heavy atom. The molecule has 0 radical (unpaired) electrons. The molecular formula is C11H12FN5O3. The maximum Gasteiger partial charge on any atom is 0.196 e. The lowest BCUT2D eigenvalue weighted by molar-refractivity contribution is -0.0639. The molecule has 2 aromatic heterocycles. The fourth-order valence-electron chi connectivity index (χ4n) is 3.03. The third-order valence-electron chi connectivity index (χ3n) is 4.15. The lowest BCUT2D eigenvalue weighted by atomic mass is 10.1. The Bertz CT molecular complexity index is 708. The predicted molar refractivity (Wildman–Crippen MR) is 63.3 cm³/mol. The van der Waals surface area contributed by atoms with Crippen molar-refractivity contribution in [1.29, 1.82) is 0 Å². The number of alkyl halides is 1. The van der Waals surface area contributed by atoms with Gasteiger partial charge in [0.05, 0.1) is 18.5 Å². The Kier molecular flexibility index (Phi) is 2.05. The molecule has 4 rings (SSSR count). The van der Waals surface area contributed by atoms with Gasteiger partial charge in [-0.25, -0.2) is 18.9 Å². The highest BCUT2D eigenvalue weighted by Gasteiger charge is 2.82. The van der Waals surface area contributed by atoms with Crippen molar-refractivity contribution < 1.29 is 19.3 Å². The largest absolute Gasteiger partial charge is 0.394 e. The molecule has 1 saturated heterocycles. The monoisotopic (exact) mass is 281 g/mol. The highest BCUT2D eigenvalue weighted by atomic mass is 19.1. The van der Waals surface area contributed by atoms with Gasteiger partial charge in [0.1, 0.15) is 18.5 Å². The average Bonchev–Trinajstić information content (AvgIpc) is 2.77. The van der Waals surface area contributed by atoms with Crippen molar-refractivity contribution in [2.24, 2.45) is 0 Å². The van der Waals surface area contributed by atoms with E-state index < -0.39 is 30.1 Å². The second-order valence-electron chi connectivity index (χ2n) is 5.17. The van der Waals surface area contributed by atoms with Crippen LogP contribution in [0.25, 0.3) is 5.65 Å². The van der Waals surface area contributed by atoms with Crippen LogP contribution in [0.15, 0.2) is 12.5 Å². The number of rotatable bonds is 2. The van der Waals surface area contributed by atoms with Gasteiger partial charge in [-0.2, -0.15) is 5.10 Å². The summed E-state index contributed by atoms with van der Waals surface area (Å²) in [6.07, 6.45) is 0.306. The molecule has 106 valence electrons. The number of nitrogens with zero attached hydrogens (tertiary/aromatic N) is 4. The van der Waals surface area contributed by atoms with Gasteiger partial charge in [0, 0.05) is 6.42 Å². The highest BCUT2D eigenvalue weighted by Crippen LogP contribution is 2.68. The van der Waals surface area contributed by atoms with Crippen LogP contribution in [0, 0.1) is 0 Å². The van der Waals surface area contributed by atoms with Gasteiger partial charge in [-0.3, -0.25) is 0 Å². The average molecular weight is 281 g/mol. The summed E-state index contributed by atoms with van der Waals surface area (Å²) < 4.78 is 21.7. The van der Waals surface area contributed by atoms with Gasteiger partial charge in [0.15, 0.2) is 22.7 Å². The summed E-state index contributed by atoms with van der Waals surface area (Å²) in [5.41, 5.74) is 3.08. The summed E-state index contributed by atoms with van der Waals surface area (Å²) in [5.74, 6) is 0.171. The van der Waals surface area contributed by atoms with Crippen LogP contribution in [0.1, 0.15) is 12.1 Å². The van der Waals surface area contributed by atoms with Gasteiger partial charge in [0.2, 0.25) is 0 Å². The molecule has 20 heavy (non-hydrogen) atoms. The van der Waals surface area contributed by atoms with Crippen LogP contribution in [-0.4, -0.2) is 54.3 Å². The Morgan fingerprint density at radius 1 is 1.55 bits per heavy atom. The van der Waals surface area contributed by atoms with E-state index in [4.69, 9.17) is 15.6 Å². The molecule has 2 aromatic rings. The van der Waals surface area contributed by atoms with E-state index in [1.165, 1.54) is 17.0 Å². The minimum absolute atomic E-state index is 0.00460. The highest BCUT2D eigenvalue weighted by molar-refractivity contribution is 5.60. The zero-order valence-corrected chi connectivity index (χ0v) is 10.3. The number of imidazole rings is 1. The van der Waals surface area contributed by atoms with Gasteiger partial charge in [-0.15, -0.1) is 0 Å². The van der Waals surface area contributed by atoms with E-state index in [1.54, 1.807) is 0 Å². The van der Waals surface area contributed by atoms with E-state index in [2.05, 4.69) is 15.1 Å². The van der Waals surface area contributed by atoms with Crippen molar-refractivity contribution in [3.8, 4) is 0 Å². The summed E-state index contributed by atoms with van der Waals surface area (Å²) in [4.78, 5) is 7.87. The van der Waals surface area contributed by atoms with Crippen molar-refractivity contribution in [2.45, 2.75) is 29.9 Å². The molecule has 4 atom stereocenters. The summed E-state index contributed by atoms with van der Waals surface area (Å²) in [6, 6.07) is 0. The number of ether oxygens (including phenoxy) is 1. The molecule has 0 aromatic carbocycles. The number of hydrogen-bond acceptors (Lipinski definition) is 7. The van der Waals surface area contributed by atoms with E-state index in [0.717, 1.165) is 0 Å². The lowest BCUT2D eigenvalue weighted by Gasteiger charge is -2.16. The van der Waals surface area contributed by atoms with Gasteiger partial charge >= 0.3 is 0 Å². The molecule has 0 amide bonds. The standard InChI is InChI=1S/C11H12FN5O3/c12-10-3-11(10,20-5(2-18)7(10)19)6-1-14-9-8(13)15-4-16-17(6)9/h1,4-5,7,18-19H,2-3H2,(H2,13,15,16)/t5-,7-,10-,11+/m1/s1. The normalized spacial score (nSPS) is 39.1. The van der Waals surface area contributed by atoms with Gasteiger partial charge in [0.25, 0.3) is 0 Å². The number of aliphatic hydroxyl groups is 2. The quantitative estimate of drug-likeness (QED) is 0.630. The number of halogens is 1. The zero-order valence-electron chi connectivity index (χ0n) is 10.3. The van der Waals surface area contributed by atoms with Gasteiger partial charge in [-0.05, 0) is 0 Å². The number of fused-ring (bicyclic) bond motifs is 2. The van der Waals surface area contributed by atoms with Crippen LogP contribution in [0.2, 0.25) is 0 Å². The first-order chi connectivity index (χ1) is 9.53. The summed E-state index contributed by atoms with van der Waals surface area (Å²) in [5, 5.41) is 23.0. The van der Waals surface area contributed by atoms with Crippen molar-refractivity contribution in [2.75, 3.05) is 12.3 Å². The Labute approximate surface area is 112 Å². The van der Waals surface area contributed by atoms with Gasteiger partial charge in [-0.1, -0.05) is 0 Å². The second kappa shape index (κ2) is 3.43. The third-order valence-corrected chi connectivity index (χ3v) is 4.15. The van der Waals surface area contributed by atoms with Crippen molar-refractivity contribution in [1.82, 2.24) is 19.6 Å². The molecule has 2 fully saturated rings. The first-order valence-electron chi connectivity index (χ1n) is 6.14. The molecule has 1 aliphatic heterocycles. The molecular weight excluding hydrogens is 269 g/mol. The minimum Gasteiger partial charge on any atom is -0.394 e. The Morgan fingerprint density at radius 3 is 3.05 bits per heavy atom. The zero-order chi connectivity index (χ0) is 14.1. The van der Waals surface area contributed by atoms with Crippen LogP contribution in [-0.2, 0) is 10.3 Å². The smallest absolute Gasteiger partial charge is 0.196 e. The molecule has 2 aliphatic rings. The van der Waals surface area contributed by atoms with Crippen molar-refractivity contribution >= 4 is 11.5 Å². The maximum atomic E-state index is 14.8. The fourth-order valence-corrected chi connectivity index (χ4v) is 3.03. The van der Waals surface area contributed by atoms with Crippen LogP contribution < -0.4 is 5.73 Å². The van der Waals surface area contributed by atoms with E-state index in [9.17, 15) is 9.50 Å². The first kappa shape index (κ1) is 11.9. The van der Waals surface area contributed by atoms with Crippen LogP contribution in [0.3, 0.4) is 0 Å². The Hall–Kier alpha value is -1.84. The second-order valence-corrected chi connectivity index (χ2v) is 5.17. The summed E-state index contributed by atoms with van der Waals surface area (Å²) in [6.45, 7) is -0.456. The molecule has 0 spiro atoms. The third kappa shape index (κ3) is 1.14. The van der Waals surface area contributed by atoms with E-state index >= 15 is 0 Å². The molecule has 8 nitrogen and oxygen atoms in total. The number of anilines is 1. The van der Waals surface area contributed by atoms with Crippen LogP contribution in [0.5, 0.6) is 0 Å². The minimum atomic E-state index is -1.93. The van der Waals surface area contributed by atoms with Crippen molar-refractivity contribution in [3.05, 3.63) is 18.2 Å². The number of nitrogen functional groups attached to an aromatic ring is 1. The molecule has 9 heteroatoms. The number of aromatic nitrogens is 4. The fraction of sp³-hybridized carbons (Fsp3) is 0.545. The first-order valence-corrected chi connectivity index (χ1v) is 6.14. The molecule has 1 aliphatic carbocycles. The van der Waals surface area contributed by atoms with E-state index in [0.29, 0.717) is 11.3 Å². The maximum absolute atomic E-state index is 14.8. The molecule has 3 heterocycles. The van der Waals surface area contributed by atoms with Crippen molar-refractivity contribution in [3.63, 3.8) is 0 Å². The number of nitrogens with two attached hydrogens (primary N) is 1. The lowest BCUT2D eigenvalue weighted by Crippen LogP contribution is -2.34.